The molecule has 0 aromatic heterocycles. The van der Waals surface area contributed by atoms with E-state index in [2.05, 4.69) is 13.8 Å². The molecular formula is C9H16O2. The number of ether oxygens (including phenoxy) is 1. The minimum absolute atomic E-state index is 0.258. The lowest BCUT2D eigenvalue weighted by Crippen LogP contribution is -2.13. The maximum atomic E-state index is 11.3. The summed E-state index contributed by atoms with van der Waals surface area (Å²) in [5.74, 6) is 0.547. The Bertz CT molecular complexity index is 161. The topological polar surface area (TPSA) is 26.3 Å². The standard InChI is InChI=1S/C9H16O2/c1-4-11-6-8(10)7-5-9(7,2)3/h7H,4-6H2,1-3H3. The molecule has 1 unspecified atom stereocenters. The van der Waals surface area contributed by atoms with Crippen LogP contribution in [0, 0.1) is 11.3 Å². The SMILES string of the molecule is CCOCC(=O)C1CC1(C)C. The Morgan fingerprint density at radius 1 is 1.64 bits per heavy atom. The first-order valence-corrected chi connectivity index (χ1v) is 4.18. The van der Waals surface area contributed by atoms with Gasteiger partial charge in [-0.2, -0.15) is 0 Å². The van der Waals surface area contributed by atoms with E-state index in [0.717, 1.165) is 6.42 Å². The van der Waals surface area contributed by atoms with Crippen molar-refractivity contribution >= 4 is 5.78 Å². The number of Topliss-reactive ketones (excluding diaryl/α,β-unsaturated/α-hetero) is 1. The molecule has 0 aromatic rings. The van der Waals surface area contributed by atoms with Crippen LogP contribution in [0.2, 0.25) is 0 Å². The maximum absolute atomic E-state index is 11.3. The van der Waals surface area contributed by atoms with Gasteiger partial charge in [-0.3, -0.25) is 4.79 Å². The molecule has 1 aliphatic rings. The second kappa shape index (κ2) is 2.94. The summed E-state index contributed by atoms with van der Waals surface area (Å²) in [6.07, 6.45) is 1.04. The van der Waals surface area contributed by atoms with Crippen molar-refractivity contribution in [3.05, 3.63) is 0 Å². The van der Waals surface area contributed by atoms with Gasteiger partial charge in [-0.25, -0.2) is 0 Å². The Labute approximate surface area is 67.9 Å². The fraction of sp³-hybridized carbons (Fsp3) is 0.889. The first kappa shape index (κ1) is 8.72. The van der Waals surface area contributed by atoms with Crippen LogP contribution in [-0.4, -0.2) is 19.0 Å². The Morgan fingerprint density at radius 3 is 2.55 bits per heavy atom. The number of carbonyl (C=O) groups excluding carboxylic acids is 1. The third-order valence-corrected chi connectivity index (χ3v) is 2.35. The largest absolute Gasteiger partial charge is 0.374 e. The third-order valence-electron chi connectivity index (χ3n) is 2.35. The van der Waals surface area contributed by atoms with Crippen LogP contribution in [0.25, 0.3) is 0 Å². The van der Waals surface area contributed by atoms with Gasteiger partial charge in [0.25, 0.3) is 0 Å². The second-order valence-electron chi connectivity index (χ2n) is 3.85. The van der Waals surface area contributed by atoms with Crippen molar-refractivity contribution in [2.75, 3.05) is 13.2 Å². The molecule has 64 valence electrons. The molecule has 0 saturated heterocycles. The minimum atomic E-state index is 0.258. The number of hydrogen-bond donors (Lipinski definition) is 0. The van der Waals surface area contributed by atoms with Gasteiger partial charge in [0.15, 0.2) is 5.78 Å². The minimum Gasteiger partial charge on any atom is -0.374 e. The zero-order valence-electron chi connectivity index (χ0n) is 7.52. The molecule has 0 bridgehead atoms. The van der Waals surface area contributed by atoms with E-state index in [1.807, 2.05) is 6.92 Å². The lowest BCUT2D eigenvalue weighted by Gasteiger charge is -2.01. The number of rotatable bonds is 4. The van der Waals surface area contributed by atoms with Crippen molar-refractivity contribution in [3.63, 3.8) is 0 Å². The molecule has 1 saturated carbocycles. The number of ketones is 1. The van der Waals surface area contributed by atoms with Crippen LogP contribution in [-0.2, 0) is 9.53 Å². The molecule has 1 aliphatic carbocycles. The van der Waals surface area contributed by atoms with Crippen molar-refractivity contribution in [1.82, 2.24) is 0 Å². The molecular weight excluding hydrogens is 140 g/mol. The van der Waals surface area contributed by atoms with Crippen LogP contribution in [0.1, 0.15) is 27.2 Å². The van der Waals surface area contributed by atoms with E-state index in [1.165, 1.54) is 0 Å². The molecule has 0 spiro atoms. The predicted molar refractivity (Wildman–Crippen MR) is 43.4 cm³/mol. The van der Waals surface area contributed by atoms with Crippen LogP contribution >= 0.6 is 0 Å². The quantitative estimate of drug-likeness (QED) is 0.618. The molecule has 0 aliphatic heterocycles. The molecule has 2 nitrogen and oxygen atoms in total. The maximum Gasteiger partial charge on any atom is 0.162 e. The van der Waals surface area contributed by atoms with Crippen LogP contribution < -0.4 is 0 Å². The van der Waals surface area contributed by atoms with Gasteiger partial charge in [0.2, 0.25) is 0 Å². The highest BCUT2D eigenvalue weighted by molar-refractivity contribution is 5.85. The van der Waals surface area contributed by atoms with Crippen molar-refractivity contribution in [1.29, 1.82) is 0 Å². The molecule has 11 heavy (non-hydrogen) atoms. The van der Waals surface area contributed by atoms with Gasteiger partial charge in [0, 0.05) is 12.5 Å². The van der Waals surface area contributed by atoms with E-state index in [1.54, 1.807) is 0 Å². The van der Waals surface area contributed by atoms with Gasteiger partial charge < -0.3 is 4.74 Å². The summed E-state index contributed by atoms with van der Waals surface area (Å²) in [6, 6.07) is 0. The number of carbonyl (C=O) groups is 1. The van der Waals surface area contributed by atoms with Gasteiger partial charge in [-0.15, -0.1) is 0 Å². The Kier molecular flexibility index (Phi) is 2.33. The molecule has 0 amide bonds. The first-order valence-electron chi connectivity index (χ1n) is 4.18. The lowest BCUT2D eigenvalue weighted by molar-refractivity contribution is -0.125. The van der Waals surface area contributed by atoms with E-state index in [9.17, 15) is 4.79 Å². The second-order valence-corrected chi connectivity index (χ2v) is 3.85. The Balaban J connectivity index is 2.23. The van der Waals surface area contributed by atoms with Crippen LogP contribution in [0.15, 0.2) is 0 Å². The monoisotopic (exact) mass is 156 g/mol. The van der Waals surface area contributed by atoms with Crippen LogP contribution in [0.4, 0.5) is 0 Å². The summed E-state index contributed by atoms with van der Waals surface area (Å²) in [5, 5.41) is 0. The van der Waals surface area contributed by atoms with E-state index in [4.69, 9.17) is 4.74 Å². The summed E-state index contributed by atoms with van der Waals surface area (Å²) < 4.78 is 5.04. The molecule has 0 N–H and O–H groups in total. The molecule has 1 fully saturated rings. The Hall–Kier alpha value is -0.370. The van der Waals surface area contributed by atoms with Crippen molar-refractivity contribution in [3.8, 4) is 0 Å². The third kappa shape index (κ3) is 2.03. The summed E-state index contributed by atoms with van der Waals surface area (Å²) in [4.78, 5) is 11.3. The van der Waals surface area contributed by atoms with Crippen LogP contribution in [0.3, 0.4) is 0 Å². The Morgan fingerprint density at radius 2 is 2.18 bits per heavy atom. The smallest absolute Gasteiger partial charge is 0.162 e. The van der Waals surface area contributed by atoms with Crippen molar-refractivity contribution < 1.29 is 9.53 Å². The van der Waals surface area contributed by atoms with Gasteiger partial charge in [-0.1, -0.05) is 13.8 Å². The number of hydrogen-bond acceptors (Lipinski definition) is 2. The fourth-order valence-corrected chi connectivity index (χ4v) is 1.32. The van der Waals surface area contributed by atoms with Crippen molar-refractivity contribution in [2.45, 2.75) is 27.2 Å². The van der Waals surface area contributed by atoms with Crippen molar-refractivity contribution in [2.24, 2.45) is 11.3 Å². The molecule has 1 atom stereocenters. The molecule has 0 aromatic carbocycles. The average Bonchev–Trinajstić information content (AvgIpc) is 2.55. The van der Waals surface area contributed by atoms with Gasteiger partial charge >= 0.3 is 0 Å². The summed E-state index contributed by atoms with van der Waals surface area (Å²) >= 11 is 0. The van der Waals surface area contributed by atoms with E-state index >= 15 is 0 Å². The van der Waals surface area contributed by atoms with Gasteiger partial charge in [-0.05, 0) is 18.8 Å². The molecule has 2 heteroatoms. The summed E-state index contributed by atoms with van der Waals surface area (Å²) in [6.45, 7) is 7.11. The van der Waals surface area contributed by atoms with E-state index in [0.29, 0.717) is 13.2 Å². The molecule has 0 radical (unpaired) electrons. The van der Waals surface area contributed by atoms with Gasteiger partial charge in [0.05, 0.1) is 0 Å². The van der Waals surface area contributed by atoms with E-state index in [-0.39, 0.29) is 17.1 Å². The average molecular weight is 156 g/mol. The lowest BCUT2D eigenvalue weighted by atomic mass is 10.1. The predicted octanol–water partition coefficient (Wildman–Crippen LogP) is 1.64. The van der Waals surface area contributed by atoms with E-state index < -0.39 is 0 Å². The van der Waals surface area contributed by atoms with Crippen LogP contribution in [0.5, 0.6) is 0 Å². The highest BCUT2D eigenvalue weighted by Crippen LogP contribution is 2.51. The molecule has 1 rings (SSSR count). The first-order chi connectivity index (χ1) is 5.08. The zero-order valence-corrected chi connectivity index (χ0v) is 7.52. The normalized spacial score (nSPS) is 26.6. The summed E-state index contributed by atoms with van der Waals surface area (Å²) in [7, 11) is 0. The zero-order chi connectivity index (χ0) is 8.48. The van der Waals surface area contributed by atoms with Gasteiger partial charge in [0.1, 0.15) is 6.61 Å². The summed E-state index contributed by atoms with van der Waals surface area (Å²) in [5.41, 5.74) is 0.258. The highest BCUT2D eigenvalue weighted by atomic mass is 16.5. The highest BCUT2D eigenvalue weighted by Gasteiger charge is 2.49. The molecule has 0 heterocycles. The fourth-order valence-electron chi connectivity index (χ4n) is 1.32.